The summed E-state index contributed by atoms with van der Waals surface area (Å²) in [5, 5.41) is 3.25. The molecular weight excluding hydrogens is 288 g/mol. The first kappa shape index (κ1) is 14.8. The molecule has 0 atom stereocenters. The number of primary amides is 1. The highest BCUT2D eigenvalue weighted by molar-refractivity contribution is 6.32. The predicted octanol–water partition coefficient (Wildman–Crippen LogP) is 3.09. The van der Waals surface area contributed by atoms with Gasteiger partial charge in [0, 0.05) is 22.3 Å². The summed E-state index contributed by atoms with van der Waals surface area (Å²) in [5.74, 6) is -0.798. The van der Waals surface area contributed by atoms with Crippen LogP contribution in [0, 0.1) is 0 Å². The molecule has 0 fully saturated rings. The van der Waals surface area contributed by atoms with Crippen molar-refractivity contribution < 1.29 is 9.59 Å². The molecule has 2 rings (SSSR count). The molecule has 2 aromatic rings. The zero-order valence-corrected chi connectivity index (χ0v) is 11.8. The lowest BCUT2D eigenvalue weighted by molar-refractivity contribution is -0.111. The number of nitrogens with two attached hydrogens (primary N) is 1. The van der Waals surface area contributed by atoms with Crippen LogP contribution in [0.15, 0.2) is 54.6 Å². The van der Waals surface area contributed by atoms with Crippen molar-refractivity contribution in [3.8, 4) is 0 Å². The number of amides is 2. The van der Waals surface area contributed by atoms with Gasteiger partial charge in [0.05, 0.1) is 0 Å². The Bertz CT molecular complexity index is 694. The maximum Gasteiger partial charge on any atom is 0.248 e. The van der Waals surface area contributed by atoms with Gasteiger partial charge in [-0.1, -0.05) is 29.8 Å². The van der Waals surface area contributed by atoms with Gasteiger partial charge in [0.1, 0.15) is 0 Å². The van der Waals surface area contributed by atoms with Crippen LogP contribution in [-0.4, -0.2) is 11.8 Å². The summed E-state index contributed by atoms with van der Waals surface area (Å²) in [6, 6.07) is 13.6. The van der Waals surface area contributed by atoms with Gasteiger partial charge in [-0.05, 0) is 42.0 Å². The summed E-state index contributed by atoms with van der Waals surface area (Å²) >= 11 is 5.99. The highest BCUT2D eigenvalue weighted by Gasteiger charge is 2.02. The van der Waals surface area contributed by atoms with Gasteiger partial charge in [0.25, 0.3) is 0 Å². The molecule has 3 N–H and O–H groups in total. The van der Waals surface area contributed by atoms with E-state index in [0.29, 0.717) is 16.3 Å². The third-order valence-corrected chi connectivity index (χ3v) is 3.10. The van der Waals surface area contributed by atoms with Crippen molar-refractivity contribution in [2.45, 2.75) is 0 Å². The normalized spacial score (nSPS) is 10.5. The van der Waals surface area contributed by atoms with Crippen LogP contribution >= 0.6 is 11.6 Å². The minimum absolute atomic E-state index is 0.290. The fraction of sp³-hybridized carbons (Fsp3) is 0. The van der Waals surface area contributed by atoms with Crippen molar-refractivity contribution in [3.63, 3.8) is 0 Å². The summed E-state index contributed by atoms with van der Waals surface area (Å²) in [6.07, 6.45) is 3.03. The molecule has 0 heterocycles. The molecule has 0 aliphatic heterocycles. The van der Waals surface area contributed by atoms with Crippen molar-refractivity contribution >= 4 is 35.2 Å². The molecule has 0 unspecified atom stereocenters. The Morgan fingerprint density at radius 2 is 1.71 bits per heavy atom. The highest BCUT2D eigenvalue weighted by atomic mass is 35.5. The van der Waals surface area contributed by atoms with E-state index in [1.165, 1.54) is 6.08 Å². The number of hydrogen-bond acceptors (Lipinski definition) is 2. The SMILES string of the molecule is NC(=O)c1ccc(NC(=O)C=Cc2ccccc2Cl)cc1. The summed E-state index contributed by atoms with van der Waals surface area (Å²) < 4.78 is 0. The van der Waals surface area contributed by atoms with Gasteiger partial charge in [0.2, 0.25) is 11.8 Å². The van der Waals surface area contributed by atoms with Crippen molar-refractivity contribution in [3.05, 3.63) is 70.8 Å². The van der Waals surface area contributed by atoms with Crippen LogP contribution in [0.5, 0.6) is 0 Å². The van der Waals surface area contributed by atoms with E-state index in [2.05, 4.69) is 5.32 Å². The smallest absolute Gasteiger partial charge is 0.248 e. The molecule has 0 aliphatic rings. The van der Waals surface area contributed by atoms with Gasteiger partial charge in [-0.3, -0.25) is 9.59 Å². The van der Waals surface area contributed by atoms with Crippen LogP contribution in [0.3, 0.4) is 0 Å². The van der Waals surface area contributed by atoms with Gasteiger partial charge in [0.15, 0.2) is 0 Å². The van der Waals surface area contributed by atoms with E-state index < -0.39 is 5.91 Å². The maximum absolute atomic E-state index is 11.8. The van der Waals surface area contributed by atoms with Gasteiger partial charge < -0.3 is 11.1 Å². The van der Waals surface area contributed by atoms with Crippen molar-refractivity contribution in [2.75, 3.05) is 5.32 Å². The molecule has 0 saturated heterocycles. The number of carbonyl (C=O) groups excluding carboxylic acids is 2. The molecule has 0 aromatic heterocycles. The molecule has 0 spiro atoms. The molecular formula is C16H13ClN2O2. The molecule has 0 radical (unpaired) electrons. The monoisotopic (exact) mass is 300 g/mol. The zero-order chi connectivity index (χ0) is 15.2. The summed E-state index contributed by atoms with van der Waals surface area (Å²) in [7, 11) is 0. The number of hydrogen-bond donors (Lipinski definition) is 2. The van der Waals surface area contributed by atoms with Gasteiger partial charge >= 0.3 is 0 Å². The Labute approximate surface area is 127 Å². The third-order valence-electron chi connectivity index (χ3n) is 2.76. The van der Waals surface area contributed by atoms with Crippen LogP contribution in [0.4, 0.5) is 5.69 Å². The summed E-state index contributed by atoms with van der Waals surface area (Å²) in [4.78, 5) is 22.7. The number of anilines is 1. The van der Waals surface area contributed by atoms with Crippen molar-refractivity contribution in [1.82, 2.24) is 0 Å². The molecule has 106 valence electrons. The minimum Gasteiger partial charge on any atom is -0.366 e. The molecule has 0 bridgehead atoms. The molecule has 2 aromatic carbocycles. The second-order valence-electron chi connectivity index (χ2n) is 4.29. The van der Waals surface area contributed by atoms with Gasteiger partial charge in [-0.25, -0.2) is 0 Å². The molecule has 0 aliphatic carbocycles. The number of rotatable bonds is 4. The Balaban J connectivity index is 2.02. The summed E-state index contributed by atoms with van der Waals surface area (Å²) in [6.45, 7) is 0. The fourth-order valence-corrected chi connectivity index (χ4v) is 1.88. The van der Waals surface area contributed by atoms with E-state index in [-0.39, 0.29) is 5.91 Å². The topological polar surface area (TPSA) is 72.2 Å². The van der Waals surface area contributed by atoms with Crippen molar-refractivity contribution in [1.29, 1.82) is 0 Å². The first-order valence-electron chi connectivity index (χ1n) is 6.20. The fourth-order valence-electron chi connectivity index (χ4n) is 1.68. The molecule has 4 nitrogen and oxygen atoms in total. The number of nitrogens with one attached hydrogen (secondary N) is 1. The van der Waals surface area contributed by atoms with Crippen LogP contribution < -0.4 is 11.1 Å². The highest BCUT2D eigenvalue weighted by Crippen LogP contribution is 2.16. The largest absolute Gasteiger partial charge is 0.366 e. The maximum atomic E-state index is 11.8. The second kappa shape index (κ2) is 6.72. The third kappa shape index (κ3) is 4.19. The Morgan fingerprint density at radius 3 is 2.33 bits per heavy atom. The van der Waals surface area contributed by atoms with Crippen LogP contribution in [0.25, 0.3) is 6.08 Å². The molecule has 0 saturated carbocycles. The predicted molar refractivity (Wildman–Crippen MR) is 84.1 cm³/mol. The first-order valence-corrected chi connectivity index (χ1v) is 6.57. The first-order chi connectivity index (χ1) is 10.1. The molecule has 2 amide bonds. The Morgan fingerprint density at radius 1 is 1.05 bits per heavy atom. The lowest BCUT2D eigenvalue weighted by atomic mass is 10.2. The molecule has 5 heteroatoms. The average Bonchev–Trinajstić information content (AvgIpc) is 2.47. The standard InChI is InChI=1S/C16H13ClN2O2/c17-14-4-2-1-3-11(14)7-10-15(20)19-13-8-5-12(6-9-13)16(18)21/h1-10H,(H2,18,21)(H,19,20). The lowest BCUT2D eigenvalue weighted by Crippen LogP contribution is -2.11. The minimum atomic E-state index is -0.508. The van der Waals surface area contributed by atoms with E-state index in [1.807, 2.05) is 18.2 Å². The van der Waals surface area contributed by atoms with E-state index >= 15 is 0 Å². The number of halogens is 1. The molecule has 21 heavy (non-hydrogen) atoms. The summed E-state index contributed by atoms with van der Waals surface area (Å²) in [5.41, 5.74) is 6.87. The van der Waals surface area contributed by atoms with Gasteiger partial charge in [-0.2, -0.15) is 0 Å². The van der Waals surface area contributed by atoms with Crippen LogP contribution in [0.2, 0.25) is 5.02 Å². The number of benzene rings is 2. The van der Waals surface area contributed by atoms with Crippen molar-refractivity contribution in [2.24, 2.45) is 5.73 Å². The van der Waals surface area contributed by atoms with E-state index in [1.54, 1.807) is 36.4 Å². The average molecular weight is 301 g/mol. The lowest BCUT2D eigenvalue weighted by Gasteiger charge is -2.03. The zero-order valence-electron chi connectivity index (χ0n) is 11.0. The Hall–Kier alpha value is -2.59. The second-order valence-corrected chi connectivity index (χ2v) is 4.69. The quantitative estimate of drug-likeness (QED) is 0.852. The van der Waals surface area contributed by atoms with E-state index in [4.69, 9.17) is 17.3 Å². The van der Waals surface area contributed by atoms with E-state index in [0.717, 1.165) is 5.56 Å². The number of carbonyl (C=O) groups is 2. The van der Waals surface area contributed by atoms with Crippen LogP contribution in [-0.2, 0) is 4.79 Å². The van der Waals surface area contributed by atoms with Crippen LogP contribution in [0.1, 0.15) is 15.9 Å². The van der Waals surface area contributed by atoms with E-state index in [9.17, 15) is 9.59 Å². The van der Waals surface area contributed by atoms with Gasteiger partial charge in [-0.15, -0.1) is 0 Å². The Kier molecular flexibility index (Phi) is 4.74.